The zero-order valence-corrected chi connectivity index (χ0v) is 32.3. The van der Waals surface area contributed by atoms with Crippen molar-refractivity contribution >= 4 is 66.4 Å². The van der Waals surface area contributed by atoms with Gasteiger partial charge in [0.15, 0.2) is 0 Å². The van der Waals surface area contributed by atoms with Gasteiger partial charge in [-0.3, -0.25) is 0 Å². The maximum atomic E-state index is 3.94. The second kappa shape index (κ2) is 14.8. The molecule has 3 nitrogen and oxygen atoms in total. The Hall–Kier alpha value is -7.62. The number of fused-ring (bicyclic) bond motifs is 6. The molecular weight excluding hydrogens is 703 g/mol. The van der Waals surface area contributed by atoms with Gasteiger partial charge in [0.2, 0.25) is 0 Å². The Balaban J connectivity index is 1.21. The van der Waals surface area contributed by atoms with E-state index in [1.807, 2.05) is 12.2 Å². The highest BCUT2D eigenvalue weighted by molar-refractivity contribution is 6.12. The third-order valence-corrected chi connectivity index (χ3v) is 11.2. The first-order valence-corrected chi connectivity index (χ1v) is 19.8. The van der Waals surface area contributed by atoms with E-state index in [0.29, 0.717) is 0 Å². The average Bonchev–Trinajstić information content (AvgIpc) is 3.80. The maximum absolute atomic E-state index is 3.94. The Kier molecular flexibility index (Phi) is 8.89. The summed E-state index contributed by atoms with van der Waals surface area (Å²) >= 11 is 0. The van der Waals surface area contributed by atoms with E-state index in [4.69, 9.17) is 0 Å². The maximum Gasteiger partial charge on any atom is 0.0561 e. The molecule has 0 spiro atoms. The summed E-state index contributed by atoms with van der Waals surface area (Å²) in [5, 5.41) is 4.90. The van der Waals surface area contributed by atoms with Crippen LogP contribution in [-0.2, 0) is 0 Å². The van der Waals surface area contributed by atoms with Crippen molar-refractivity contribution in [2.75, 3.05) is 4.90 Å². The summed E-state index contributed by atoms with van der Waals surface area (Å²) in [6.07, 6.45) is 8.13. The second-order valence-corrected chi connectivity index (χ2v) is 14.5. The molecule has 0 radical (unpaired) electrons. The Bertz CT molecular complexity index is 3180. The molecule has 3 heteroatoms. The minimum atomic E-state index is 1.08. The standard InChI is InChI=1S/C55H41N3/c1-3-5-20-42(4-2)57-52-27-16-13-24-47(52)49-35-31-41(37-54(49)57)46-23-12-15-26-51(46)56(44-32-29-40(30-33-44)39-18-8-6-9-19-39)45-34-36-50-48-25-14-17-28-53(48)58(55(50)38-45)43-21-10-7-11-22-43/h3-38H,1H2,2H3/b20-5-,42-4+. The van der Waals surface area contributed by atoms with Crippen LogP contribution in [0.4, 0.5) is 17.1 Å². The number of benzene rings is 8. The van der Waals surface area contributed by atoms with Crippen LogP contribution in [-0.4, -0.2) is 9.13 Å². The number of para-hydroxylation sites is 4. The lowest BCUT2D eigenvalue weighted by molar-refractivity contribution is 1.18. The lowest BCUT2D eigenvalue weighted by atomic mass is 9.99. The molecule has 2 heterocycles. The third-order valence-electron chi connectivity index (χ3n) is 11.2. The van der Waals surface area contributed by atoms with Gasteiger partial charge in [-0.1, -0.05) is 158 Å². The van der Waals surface area contributed by atoms with Crippen molar-refractivity contribution in [1.82, 2.24) is 9.13 Å². The molecule has 8 aromatic carbocycles. The third kappa shape index (κ3) is 5.93. The molecule has 10 rings (SSSR count). The number of hydrogen-bond acceptors (Lipinski definition) is 1. The van der Waals surface area contributed by atoms with Crippen molar-refractivity contribution in [2.24, 2.45) is 0 Å². The number of allylic oxidation sites excluding steroid dienone is 5. The highest BCUT2D eigenvalue weighted by Gasteiger charge is 2.21. The van der Waals surface area contributed by atoms with E-state index in [0.717, 1.165) is 50.6 Å². The van der Waals surface area contributed by atoms with Crippen LogP contribution < -0.4 is 4.90 Å². The normalized spacial score (nSPS) is 12.0. The van der Waals surface area contributed by atoms with Crippen LogP contribution >= 0.6 is 0 Å². The number of anilines is 3. The minimum absolute atomic E-state index is 1.08. The predicted octanol–water partition coefficient (Wildman–Crippen LogP) is 15.3. The van der Waals surface area contributed by atoms with Crippen LogP contribution in [0.3, 0.4) is 0 Å². The largest absolute Gasteiger partial charge is 0.310 e. The topological polar surface area (TPSA) is 13.1 Å². The molecule has 0 unspecified atom stereocenters. The first-order chi connectivity index (χ1) is 28.7. The fraction of sp³-hybridized carbons (Fsp3) is 0.0182. The molecule has 0 N–H and O–H groups in total. The molecular formula is C55H41N3. The van der Waals surface area contributed by atoms with Gasteiger partial charge in [-0.05, 0) is 90.4 Å². The molecule has 0 atom stereocenters. The van der Waals surface area contributed by atoms with E-state index < -0.39 is 0 Å². The van der Waals surface area contributed by atoms with Gasteiger partial charge < -0.3 is 14.0 Å². The van der Waals surface area contributed by atoms with Crippen molar-refractivity contribution in [3.63, 3.8) is 0 Å². The van der Waals surface area contributed by atoms with Crippen LogP contribution in [0.15, 0.2) is 225 Å². The molecule has 10 aromatic rings. The molecule has 0 aliphatic heterocycles. The molecule has 0 bridgehead atoms. The molecule has 0 saturated carbocycles. The van der Waals surface area contributed by atoms with Gasteiger partial charge in [-0.2, -0.15) is 0 Å². The fourth-order valence-corrected chi connectivity index (χ4v) is 8.61. The Morgan fingerprint density at radius 3 is 1.81 bits per heavy atom. The minimum Gasteiger partial charge on any atom is -0.310 e. The van der Waals surface area contributed by atoms with E-state index in [9.17, 15) is 0 Å². The van der Waals surface area contributed by atoms with Gasteiger partial charge in [0.1, 0.15) is 0 Å². The number of rotatable bonds is 9. The second-order valence-electron chi connectivity index (χ2n) is 14.5. The fourth-order valence-electron chi connectivity index (χ4n) is 8.61. The van der Waals surface area contributed by atoms with Crippen molar-refractivity contribution in [3.8, 4) is 27.9 Å². The van der Waals surface area contributed by atoms with E-state index in [1.54, 1.807) is 0 Å². The SMILES string of the molecule is C=C/C=C\C(=C/C)n1c2ccccc2c2ccc(-c3ccccc3N(c3ccc(-c4ccccc4)cc3)c3ccc4c5ccccc5n(-c5ccccc5)c4c3)cc21. The average molecular weight is 744 g/mol. The summed E-state index contributed by atoms with van der Waals surface area (Å²) in [6, 6.07) is 70.3. The van der Waals surface area contributed by atoms with Crippen LogP contribution in [0.25, 0.3) is 77.2 Å². The smallest absolute Gasteiger partial charge is 0.0561 e. The van der Waals surface area contributed by atoms with Gasteiger partial charge in [0, 0.05) is 49.9 Å². The monoisotopic (exact) mass is 743 g/mol. The van der Waals surface area contributed by atoms with Gasteiger partial charge in [-0.15, -0.1) is 0 Å². The number of aromatic nitrogens is 2. The number of hydrogen-bond donors (Lipinski definition) is 0. The van der Waals surface area contributed by atoms with Gasteiger partial charge in [0.05, 0.1) is 27.8 Å². The molecule has 0 aliphatic rings. The van der Waals surface area contributed by atoms with Crippen molar-refractivity contribution < 1.29 is 0 Å². The van der Waals surface area contributed by atoms with Crippen LogP contribution in [0.1, 0.15) is 6.92 Å². The summed E-state index contributed by atoms with van der Waals surface area (Å²) < 4.78 is 4.76. The van der Waals surface area contributed by atoms with Gasteiger partial charge >= 0.3 is 0 Å². The molecule has 0 saturated heterocycles. The molecule has 0 aliphatic carbocycles. The summed E-state index contributed by atoms with van der Waals surface area (Å²) in [6.45, 7) is 6.04. The lowest BCUT2D eigenvalue weighted by Crippen LogP contribution is -2.11. The van der Waals surface area contributed by atoms with E-state index in [-0.39, 0.29) is 0 Å². The summed E-state index contributed by atoms with van der Waals surface area (Å²) in [4.78, 5) is 2.42. The molecule has 2 aromatic heterocycles. The molecule has 276 valence electrons. The van der Waals surface area contributed by atoms with Gasteiger partial charge in [-0.25, -0.2) is 0 Å². The Morgan fingerprint density at radius 1 is 0.483 bits per heavy atom. The molecule has 58 heavy (non-hydrogen) atoms. The number of nitrogens with zero attached hydrogens (tertiary/aromatic N) is 3. The van der Waals surface area contributed by atoms with Crippen LogP contribution in [0.5, 0.6) is 0 Å². The van der Waals surface area contributed by atoms with Crippen LogP contribution in [0.2, 0.25) is 0 Å². The predicted molar refractivity (Wildman–Crippen MR) is 249 cm³/mol. The van der Waals surface area contributed by atoms with E-state index >= 15 is 0 Å². The highest BCUT2D eigenvalue weighted by atomic mass is 15.1. The quantitative estimate of drug-likeness (QED) is 0.134. The van der Waals surface area contributed by atoms with E-state index in [1.165, 1.54) is 43.7 Å². The van der Waals surface area contributed by atoms with Crippen molar-refractivity contribution in [1.29, 1.82) is 0 Å². The van der Waals surface area contributed by atoms with Crippen molar-refractivity contribution in [2.45, 2.75) is 6.92 Å². The first kappa shape index (κ1) is 34.8. The summed E-state index contributed by atoms with van der Waals surface area (Å²) in [5.41, 5.74) is 14.8. The summed E-state index contributed by atoms with van der Waals surface area (Å²) in [5.74, 6) is 0. The summed E-state index contributed by atoms with van der Waals surface area (Å²) in [7, 11) is 0. The lowest BCUT2D eigenvalue weighted by Gasteiger charge is -2.28. The first-order valence-electron chi connectivity index (χ1n) is 19.8. The van der Waals surface area contributed by atoms with Crippen LogP contribution in [0, 0.1) is 0 Å². The highest BCUT2D eigenvalue weighted by Crippen LogP contribution is 2.45. The Morgan fingerprint density at radius 2 is 1.05 bits per heavy atom. The van der Waals surface area contributed by atoms with Crippen molar-refractivity contribution in [3.05, 3.63) is 225 Å². The Labute approximate surface area is 339 Å². The van der Waals surface area contributed by atoms with Gasteiger partial charge in [0.25, 0.3) is 0 Å². The van der Waals surface area contributed by atoms with E-state index in [2.05, 4.69) is 234 Å². The molecule has 0 amide bonds. The molecule has 0 fully saturated rings. The zero-order valence-electron chi connectivity index (χ0n) is 32.3. The zero-order chi connectivity index (χ0) is 39.0.